The molecular formula is C14H14OS. The Labute approximate surface area is 99.8 Å². The molecule has 1 nitrogen and oxygen atoms in total. The van der Waals surface area contributed by atoms with Crippen LogP contribution < -0.4 is 0 Å². The molecule has 0 N–H and O–H groups in total. The molecule has 0 aliphatic rings. The molecule has 1 aromatic heterocycles. The smallest absolute Gasteiger partial charge is 0.168 e. The molecule has 2 heteroatoms. The van der Waals surface area contributed by atoms with E-state index in [0.717, 1.165) is 16.0 Å². The molecule has 0 saturated heterocycles. The molecule has 2 aromatic rings. The summed E-state index contributed by atoms with van der Waals surface area (Å²) < 4.78 is 0. The molecule has 0 saturated carbocycles. The zero-order chi connectivity index (χ0) is 11.5. The molecule has 0 unspecified atom stereocenters. The second kappa shape index (κ2) is 4.62. The van der Waals surface area contributed by atoms with Crippen LogP contribution in [0, 0.1) is 13.8 Å². The number of hydrogen-bond acceptors (Lipinski definition) is 2. The fourth-order valence-electron chi connectivity index (χ4n) is 1.72. The molecule has 16 heavy (non-hydrogen) atoms. The van der Waals surface area contributed by atoms with Gasteiger partial charge in [-0.2, -0.15) is 0 Å². The van der Waals surface area contributed by atoms with Crippen LogP contribution in [0.1, 0.15) is 26.4 Å². The zero-order valence-corrected chi connectivity index (χ0v) is 10.3. The third-order valence-electron chi connectivity index (χ3n) is 2.57. The maximum atomic E-state index is 12.1. The molecule has 2 rings (SSSR count). The predicted octanol–water partition coefficient (Wildman–Crippen LogP) is 3.79. The van der Waals surface area contributed by atoms with Crippen LogP contribution in [0.5, 0.6) is 0 Å². The van der Waals surface area contributed by atoms with Crippen LogP contribution in [0.3, 0.4) is 0 Å². The first-order valence-electron chi connectivity index (χ1n) is 5.29. The second-order valence-corrected chi connectivity index (χ2v) is 5.00. The van der Waals surface area contributed by atoms with Gasteiger partial charge in [0, 0.05) is 16.9 Å². The van der Waals surface area contributed by atoms with E-state index in [4.69, 9.17) is 0 Å². The van der Waals surface area contributed by atoms with E-state index in [2.05, 4.69) is 18.4 Å². The van der Waals surface area contributed by atoms with Crippen LogP contribution in [0.15, 0.2) is 35.7 Å². The lowest BCUT2D eigenvalue weighted by Crippen LogP contribution is -2.04. The minimum Gasteiger partial charge on any atom is -0.294 e. The van der Waals surface area contributed by atoms with E-state index in [-0.39, 0.29) is 5.78 Å². The van der Waals surface area contributed by atoms with Crippen LogP contribution >= 0.6 is 11.3 Å². The van der Waals surface area contributed by atoms with Crippen LogP contribution in [0.25, 0.3) is 0 Å². The fourth-order valence-corrected chi connectivity index (χ4v) is 2.60. The summed E-state index contributed by atoms with van der Waals surface area (Å²) in [6.07, 6.45) is 0.517. The summed E-state index contributed by atoms with van der Waals surface area (Å²) >= 11 is 1.66. The second-order valence-electron chi connectivity index (χ2n) is 4.01. The first-order chi connectivity index (χ1) is 7.66. The van der Waals surface area contributed by atoms with Crippen molar-refractivity contribution < 1.29 is 4.79 Å². The SMILES string of the molecule is Cc1csc(CC(=O)c2ccccc2C)c1. The maximum Gasteiger partial charge on any atom is 0.168 e. The lowest BCUT2D eigenvalue weighted by atomic mass is 10.0. The monoisotopic (exact) mass is 230 g/mol. The lowest BCUT2D eigenvalue weighted by Gasteiger charge is -2.02. The van der Waals surface area contributed by atoms with Crippen molar-refractivity contribution >= 4 is 17.1 Å². The Hall–Kier alpha value is -1.41. The highest BCUT2D eigenvalue weighted by Crippen LogP contribution is 2.17. The molecule has 0 spiro atoms. The third-order valence-corrected chi connectivity index (χ3v) is 3.62. The number of aryl methyl sites for hydroxylation is 2. The minimum absolute atomic E-state index is 0.208. The van der Waals surface area contributed by atoms with Gasteiger partial charge < -0.3 is 0 Å². The molecule has 0 amide bonds. The van der Waals surface area contributed by atoms with Crippen LogP contribution in [0.2, 0.25) is 0 Å². The molecule has 0 bridgehead atoms. The first-order valence-corrected chi connectivity index (χ1v) is 6.17. The summed E-state index contributed by atoms with van der Waals surface area (Å²) in [5, 5.41) is 2.08. The Morgan fingerprint density at radius 2 is 2.00 bits per heavy atom. The normalized spacial score (nSPS) is 10.4. The van der Waals surface area contributed by atoms with Crippen molar-refractivity contribution in [2.75, 3.05) is 0 Å². The Kier molecular flexibility index (Phi) is 3.20. The number of benzene rings is 1. The summed E-state index contributed by atoms with van der Waals surface area (Å²) in [6, 6.07) is 9.84. The van der Waals surface area contributed by atoms with Gasteiger partial charge in [0.1, 0.15) is 0 Å². The van der Waals surface area contributed by atoms with Crippen molar-refractivity contribution in [3.8, 4) is 0 Å². The van der Waals surface area contributed by atoms with Gasteiger partial charge in [0.05, 0.1) is 0 Å². The fraction of sp³-hybridized carbons (Fsp3) is 0.214. The first kappa shape index (κ1) is 11.1. The van der Waals surface area contributed by atoms with E-state index in [1.807, 2.05) is 31.2 Å². The molecule has 0 fully saturated rings. The van der Waals surface area contributed by atoms with Gasteiger partial charge in [-0.05, 0) is 36.4 Å². The van der Waals surface area contributed by atoms with Gasteiger partial charge in [0.15, 0.2) is 5.78 Å². The topological polar surface area (TPSA) is 17.1 Å². The Morgan fingerprint density at radius 3 is 2.62 bits per heavy atom. The molecule has 0 aliphatic heterocycles. The summed E-state index contributed by atoms with van der Waals surface area (Å²) in [7, 11) is 0. The largest absolute Gasteiger partial charge is 0.294 e. The van der Waals surface area contributed by atoms with Crippen LogP contribution in [0.4, 0.5) is 0 Å². The molecule has 0 radical (unpaired) electrons. The Balaban J connectivity index is 2.18. The number of carbonyl (C=O) groups is 1. The highest BCUT2D eigenvalue weighted by atomic mass is 32.1. The van der Waals surface area contributed by atoms with Crippen molar-refractivity contribution in [3.63, 3.8) is 0 Å². The third kappa shape index (κ3) is 2.39. The van der Waals surface area contributed by atoms with Gasteiger partial charge in [-0.1, -0.05) is 24.3 Å². The standard InChI is InChI=1S/C14H14OS/c1-10-7-12(16-9-10)8-14(15)13-6-4-3-5-11(13)2/h3-7,9H,8H2,1-2H3. The van der Waals surface area contributed by atoms with Crippen molar-refractivity contribution in [1.29, 1.82) is 0 Å². The maximum absolute atomic E-state index is 12.1. The Bertz CT molecular complexity index is 511. The average Bonchev–Trinajstić information content (AvgIpc) is 2.64. The number of carbonyl (C=O) groups excluding carboxylic acids is 1. The van der Waals surface area contributed by atoms with Gasteiger partial charge in [0.25, 0.3) is 0 Å². The van der Waals surface area contributed by atoms with E-state index in [1.165, 1.54) is 5.56 Å². The van der Waals surface area contributed by atoms with Crippen LogP contribution in [-0.2, 0) is 6.42 Å². The summed E-state index contributed by atoms with van der Waals surface area (Å²) in [5.74, 6) is 0.208. The number of Topliss-reactive ketones (excluding diaryl/α,β-unsaturated/α-hetero) is 1. The summed E-state index contributed by atoms with van der Waals surface area (Å²) in [4.78, 5) is 13.2. The van der Waals surface area contributed by atoms with Gasteiger partial charge in [-0.25, -0.2) is 0 Å². The van der Waals surface area contributed by atoms with Crippen LogP contribution in [-0.4, -0.2) is 5.78 Å². The van der Waals surface area contributed by atoms with Gasteiger partial charge >= 0.3 is 0 Å². The number of rotatable bonds is 3. The van der Waals surface area contributed by atoms with Gasteiger partial charge in [-0.3, -0.25) is 4.79 Å². The molecule has 0 aliphatic carbocycles. The number of hydrogen-bond donors (Lipinski definition) is 0. The minimum atomic E-state index is 0.208. The highest BCUT2D eigenvalue weighted by Gasteiger charge is 2.10. The van der Waals surface area contributed by atoms with Crippen molar-refractivity contribution in [2.24, 2.45) is 0 Å². The number of ketones is 1. The molecular weight excluding hydrogens is 216 g/mol. The van der Waals surface area contributed by atoms with E-state index in [1.54, 1.807) is 11.3 Å². The molecule has 1 aromatic carbocycles. The molecule has 82 valence electrons. The van der Waals surface area contributed by atoms with Crippen molar-refractivity contribution in [3.05, 3.63) is 57.3 Å². The number of thiophene rings is 1. The lowest BCUT2D eigenvalue weighted by molar-refractivity contribution is 0.0993. The van der Waals surface area contributed by atoms with Crippen molar-refractivity contribution in [2.45, 2.75) is 20.3 Å². The molecule has 0 atom stereocenters. The Morgan fingerprint density at radius 1 is 1.25 bits per heavy atom. The van der Waals surface area contributed by atoms with E-state index >= 15 is 0 Å². The summed E-state index contributed by atoms with van der Waals surface area (Å²) in [5.41, 5.74) is 3.13. The molecule has 1 heterocycles. The highest BCUT2D eigenvalue weighted by molar-refractivity contribution is 7.10. The van der Waals surface area contributed by atoms with E-state index in [0.29, 0.717) is 6.42 Å². The quantitative estimate of drug-likeness (QED) is 0.733. The van der Waals surface area contributed by atoms with Crippen molar-refractivity contribution in [1.82, 2.24) is 0 Å². The van der Waals surface area contributed by atoms with E-state index < -0.39 is 0 Å². The van der Waals surface area contributed by atoms with Gasteiger partial charge in [-0.15, -0.1) is 11.3 Å². The average molecular weight is 230 g/mol. The van der Waals surface area contributed by atoms with Gasteiger partial charge in [0.2, 0.25) is 0 Å². The van der Waals surface area contributed by atoms with E-state index in [9.17, 15) is 4.79 Å². The summed E-state index contributed by atoms with van der Waals surface area (Å²) in [6.45, 7) is 4.03. The zero-order valence-electron chi connectivity index (χ0n) is 9.49. The predicted molar refractivity (Wildman–Crippen MR) is 68.3 cm³/mol.